The summed E-state index contributed by atoms with van der Waals surface area (Å²) in [5, 5.41) is 4.06. The minimum Gasteiger partial charge on any atom is -0.396 e. The molecule has 2 heteroatoms. The molecule has 13 heavy (non-hydrogen) atoms. The summed E-state index contributed by atoms with van der Waals surface area (Å²) < 4.78 is 0. The highest BCUT2D eigenvalue weighted by Gasteiger charge is 1.98. The van der Waals surface area contributed by atoms with Gasteiger partial charge < -0.3 is 4.98 Å². The molecule has 0 saturated carbocycles. The van der Waals surface area contributed by atoms with Gasteiger partial charge in [0.25, 0.3) is 0 Å². The SMILES string of the molecule is C1=c2c(ccc3ccccc23)=[Si]N1. The summed E-state index contributed by atoms with van der Waals surface area (Å²) in [6.45, 7) is 0. The summed E-state index contributed by atoms with van der Waals surface area (Å²) in [7, 11) is 0.737. The normalized spacial score (nSPS) is 12.9. The van der Waals surface area contributed by atoms with E-state index < -0.39 is 0 Å². The van der Waals surface area contributed by atoms with Gasteiger partial charge in [0.15, 0.2) is 9.29 Å². The highest BCUT2D eigenvalue weighted by molar-refractivity contribution is 6.27. The predicted octanol–water partition coefficient (Wildman–Crippen LogP) is 1.05. The first-order chi connectivity index (χ1) is 6.45. The zero-order valence-electron chi connectivity index (χ0n) is 7.04. The van der Waals surface area contributed by atoms with Crippen molar-refractivity contribution in [1.82, 2.24) is 4.98 Å². The number of hydrogen-bond acceptors (Lipinski definition) is 1. The van der Waals surface area contributed by atoms with Gasteiger partial charge in [0.05, 0.1) is 0 Å². The van der Waals surface area contributed by atoms with Crippen LogP contribution in [0.2, 0.25) is 0 Å². The average Bonchev–Trinajstić information content (AvgIpc) is 2.65. The molecule has 1 heterocycles. The zero-order valence-corrected chi connectivity index (χ0v) is 8.04. The van der Waals surface area contributed by atoms with Crippen LogP contribution in [0.25, 0.3) is 17.0 Å². The second kappa shape index (κ2) is 2.54. The smallest absolute Gasteiger partial charge is 0.166 e. The summed E-state index contributed by atoms with van der Waals surface area (Å²) in [6, 6.07) is 12.9. The molecule has 3 rings (SSSR count). The van der Waals surface area contributed by atoms with Gasteiger partial charge in [-0.3, -0.25) is 0 Å². The molecule has 0 bridgehead atoms. The van der Waals surface area contributed by atoms with Gasteiger partial charge in [-0.15, -0.1) is 0 Å². The second-order valence-corrected chi connectivity index (χ2v) is 4.24. The van der Waals surface area contributed by atoms with E-state index in [-0.39, 0.29) is 0 Å². The van der Waals surface area contributed by atoms with Crippen LogP contribution in [0, 0.1) is 4.81 Å². The third-order valence-electron chi connectivity index (χ3n) is 2.39. The Morgan fingerprint density at radius 3 is 2.92 bits per heavy atom. The fraction of sp³-hybridized carbons (Fsp3) is 0. The third kappa shape index (κ3) is 0.955. The van der Waals surface area contributed by atoms with Crippen molar-refractivity contribution < 1.29 is 0 Å². The molecule has 0 fully saturated rings. The summed E-state index contributed by atoms with van der Waals surface area (Å²) in [4.78, 5) is 4.71. The Morgan fingerprint density at radius 1 is 1.00 bits per heavy atom. The molecule has 0 amide bonds. The van der Waals surface area contributed by atoms with Crippen molar-refractivity contribution in [2.75, 3.05) is 0 Å². The molecule has 0 atom stereocenters. The topological polar surface area (TPSA) is 12.0 Å². The maximum Gasteiger partial charge on any atom is 0.166 e. The summed E-state index contributed by atoms with van der Waals surface area (Å²) in [6.07, 6.45) is 2.12. The van der Waals surface area contributed by atoms with E-state index in [9.17, 15) is 0 Å². The molecule has 1 nitrogen and oxygen atoms in total. The van der Waals surface area contributed by atoms with Crippen LogP contribution in [0.3, 0.4) is 0 Å². The Labute approximate surface area is 78.2 Å². The van der Waals surface area contributed by atoms with Gasteiger partial charge in [-0.2, -0.15) is 0 Å². The monoisotopic (exact) mass is 182 g/mol. The lowest BCUT2D eigenvalue weighted by Gasteiger charge is -1.95. The van der Waals surface area contributed by atoms with Crippen LogP contribution < -0.4 is 10.2 Å². The van der Waals surface area contributed by atoms with Crippen molar-refractivity contribution in [2.24, 2.45) is 0 Å². The first-order valence-corrected chi connectivity index (χ1v) is 5.32. The van der Waals surface area contributed by atoms with E-state index in [2.05, 4.69) is 47.6 Å². The average molecular weight is 182 g/mol. The van der Waals surface area contributed by atoms with Crippen LogP contribution in [0.15, 0.2) is 36.4 Å². The van der Waals surface area contributed by atoms with Gasteiger partial charge in [0.2, 0.25) is 0 Å². The lowest BCUT2D eigenvalue weighted by atomic mass is 10.1. The standard InChI is InChI=1S/C11H8NSi/c1-2-4-9-8(3-1)5-6-11-10(9)7-12-13-11/h1-7,12H. The van der Waals surface area contributed by atoms with Gasteiger partial charge in [0, 0.05) is 11.4 Å². The third-order valence-corrected chi connectivity index (χ3v) is 3.39. The number of hydrogen-bond donors (Lipinski definition) is 1. The van der Waals surface area contributed by atoms with Crippen molar-refractivity contribution in [1.29, 1.82) is 0 Å². The number of benzene rings is 2. The maximum absolute atomic E-state index is 3.28. The maximum atomic E-state index is 3.28. The van der Waals surface area contributed by atoms with E-state index in [1.54, 1.807) is 0 Å². The van der Waals surface area contributed by atoms with Crippen molar-refractivity contribution in [2.45, 2.75) is 0 Å². The van der Waals surface area contributed by atoms with E-state index in [0.717, 1.165) is 9.29 Å². The van der Waals surface area contributed by atoms with Gasteiger partial charge in [-0.1, -0.05) is 36.4 Å². The number of rotatable bonds is 0. The minimum absolute atomic E-state index is 0.737. The minimum atomic E-state index is 0.737. The Kier molecular flexibility index (Phi) is 1.37. The van der Waals surface area contributed by atoms with Crippen molar-refractivity contribution in [3.05, 3.63) is 46.4 Å². The summed E-state index contributed by atoms with van der Waals surface area (Å²) in [5.41, 5.74) is 0. The number of fused-ring (bicyclic) bond motifs is 3. The molecule has 61 valence electrons. The van der Waals surface area contributed by atoms with E-state index in [4.69, 9.17) is 0 Å². The van der Waals surface area contributed by atoms with E-state index in [1.165, 1.54) is 20.8 Å². The summed E-state index contributed by atoms with van der Waals surface area (Å²) >= 11 is 0. The van der Waals surface area contributed by atoms with Crippen LogP contribution in [0.5, 0.6) is 0 Å². The van der Waals surface area contributed by atoms with Gasteiger partial charge in [0.1, 0.15) is 0 Å². The fourth-order valence-electron chi connectivity index (χ4n) is 1.75. The highest BCUT2D eigenvalue weighted by atomic mass is 28.2. The fourth-order valence-corrected chi connectivity index (χ4v) is 2.63. The van der Waals surface area contributed by atoms with E-state index >= 15 is 0 Å². The van der Waals surface area contributed by atoms with Gasteiger partial charge in [-0.25, -0.2) is 0 Å². The molecule has 0 spiro atoms. The largest absolute Gasteiger partial charge is 0.396 e. The van der Waals surface area contributed by atoms with Crippen LogP contribution >= 0.6 is 0 Å². The first-order valence-electron chi connectivity index (χ1n) is 4.32. The van der Waals surface area contributed by atoms with Gasteiger partial charge in [-0.05, 0) is 15.6 Å². The molecule has 0 saturated heterocycles. The first kappa shape index (κ1) is 7.03. The molecule has 1 aliphatic heterocycles. The molecule has 0 aliphatic carbocycles. The highest BCUT2D eigenvalue weighted by Crippen LogP contribution is 2.08. The molecule has 2 aromatic rings. The Balaban J connectivity index is 2.67. The summed E-state index contributed by atoms with van der Waals surface area (Å²) in [5.74, 6) is 0. The van der Waals surface area contributed by atoms with Crippen molar-refractivity contribution in [3.63, 3.8) is 0 Å². The molecule has 0 aromatic heterocycles. The predicted molar refractivity (Wildman–Crippen MR) is 55.8 cm³/mol. The molecular weight excluding hydrogens is 174 g/mol. The lowest BCUT2D eigenvalue weighted by Crippen LogP contribution is -2.02. The van der Waals surface area contributed by atoms with E-state index in [0.29, 0.717) is 0 Å². The quantitative estimate of drug-likeness (QED) is 0.601. The molecule has 2 aromatic carbocycles. The molecule has 0 unspecified atom stereocenters. The van der Waals surface area contributed by atoms with Gasteiger partial charge >= 0.3 is 0 Å². The van der Waals surface area contributed by atoms with Crippen LogP contribution in [-0.4, -0.2) is 9.29 Å². The van der Waals surface area contributed by atoms with E-state index in [1.807, 2.05) is 0 Å². The second-order valence-electron chi connectivity index (χ2n) is 3.16. The molecular formula is C11H8NSi. The van der Waals surface area contributed by atoms with Crippen LogP contribution in [0.1, 0.15) is 0 Å². The number of nitrogens with one attached hydrogen (secondary N) is 1. The Morgan fingerprint density at radius 2 is 1.92 bits per heavy atom. The molecule has 1 aliphatic rings. The molecule has 1 radical (unpaired) electrons. The van der Waals surface area contributed by atoms with Crippen LogP contribution in [0.4, 0.5) is 0 Å². The van der Waals surface area contributed by atoms with Crippen molar-refractivity contribution in [3.8, 4) is 0 Å². The lowest BCUT2D eigenvalue weighted by molar-refractivity contribution is 1.52. The Hall–Kier alpha value is -1.41. The van der Waals surface area contributed by atoms with Crippen LogP contribution in [-0.2, 0) is 0 Å². The Bertz CT molecular complexity index is 587. The zero-order chi connectivity index (χ0) is 8.67. The molecule has 1 N–H and O–H groups in total. The van der Waals surface area contributed by atoms with Crippen molar-refractivity contribution >= 4 is 26.3 Å².